The van der Waals surface area contributed by atoms with Gasteiger partial charge >= 0.3 is 0 Å². The molecular weight excluding hydrogens is 347 g/mol. The number of rotatable bonds is 4. The van der Waals surface area contributed by atoms with Crippen molar-refractivity contribution in [3.05, 3.63) is 19.8 Å². The van der Waals surface area contributed by atoms with Crippen molar-refractivity contribution in [3.63, 3.8) is 0 Å². The van der Waals surface area contributed by atoms with Crippen LogP contribution in [0, 0.1) is 5.92 Å². The molecule has 1 rings (SSSR count). The normalized spacial score (nSPS) is 15.5. The molecular formula is C10H13Br2ClS. The molecule has 0 radical (unpaired) electrons. The van der Waals surface area contributed by atoms with Crippen molar-refractivity contribution >= 4 is 54.8 Å². The molecule has 1 aromatic rings. The summed E-state index contributed by atoms with van der Waals surface area (Å²) in [6.45, 7) is 4.50. The van der Waals surface area contributed by atoms with Gasteiger partial charge in [0, 0.05) is 9.70 Å². The number of thiophene rings is 1. The van der Waals surface area contributed by atoms with E-state index in [4.69, 9.17) is 11.6 Å². The van der Waals surface area contributed by atoms with Gasteiger partial charge in [-0.15, -0.1) is 11.3 Å². The fourth-order valence-corrected chi connectivity index (χ4v) is 3.94. The zero-order valence-electron chi connectivity index (χ0n) is 8.19. The van der Waals surface area contributed by atoms with Gasteiger partial charge in [-0.3, -0.25) is 0 Å². The van der Waals surface area contributed by atoms with Crippen LogP contribution in [0.25, 0.3) is 0 Å². The molecule has 0 aromatic carbocycles. The van der Waals surface area contributed by atoms with Gasteiger partial charge in [0.25, 0.3) is 0 Å². The van der Waals surface area contributed by atoms with Crippen molar-refractivity contribution in [3.8, 4) is 0 Å². The summed E-state index contributed by atoms with van der Waals surface area (Å²) in [5.74, 6) is 0.749. The zero-order chi connectivity index (χ0) is 10.7. The van der Waals surface area contributed by atoms with E-state index in [0.717, 1.165) is 14.7 Å². The Morgan fingerprint density at radius 2 is 2.21 bits per heavy atom. The van der Waals surface area contributed by atoms with Crippen molar-refractivity contribution < 1.29 is 0 Å². The van der Waals surface area contributed by atoms with Gasteiger partial charge in [0.1, 0.15) is 0 Å². The third kappa shape index (κ3) is 3.51. The fraction of sp³-hybridized carbons (Fsp3) is 0.600. The van der Waals surface area contributed by atoms with Crippen molar-refractivity contribution in [2.45, 2.75) is 31.5 Å². The fourth-order valence-electron chi connectivity index (χ4n) is 1.15. The molecule has 0 bridgehead atoms. The maximum atomic E-state index is 5.99. The summed E-state index contributed by atoms with van der Waals surface area (Å²) in [5, 5.41) is 0.818. The minimum Gasteiger partial charge on any atom is -0.130 e. The lowest BCUT2D eigenvalue weighted by Crippen LogP contribution is -1.96. The van der Waals surface area contributed by atoms with Crippen LogP contribution >= 0.6 is 54.8 Å². The van der Waals surface area contributed by atoms with Crippen LogP contribution in [-0.4, -0.2) is 0 Å². The summed E-state index contributed by atoms with van der Waals surface area (Å²) in [7, 11) is 0. The Kier molecular flexibility index (Phi) is 5.47. The molecule has 0 aliphatic carbocycles. The van der Waals surface area contributed by atoms with Gasteiger partial charge in [0.15, 0.2) is 0 Å². The molecule has 1 aromatic heterocycles. The molecule has 0 spiro atoms. The molecule has 4 heteroatoms. The molecule has 0 aliphatic rings. The summed E-state index contributed by atoms with van der Waals surface area (Å²) < 4.78 is 1.03. The Morgan fingerprint density at radius 3 is 2.64 bits per heavy atom. The van der Waals surface area contributed by atoms with Crippen LogP contribution in [0.2, 0.25) is 5.02 Å². The number of hydrogen-bond donors (Lipinski definition) is 0. The van der Waals surface area contributed by atoms with Crippen molar-refractivity contribution in [1.29, 1.82) is 0 Å². The molecule has 0 fully saturated rings. The molecule has 80 valence electrons. The molecule has 0 nitrogen and oxygen atoms in total. The Balaban J connectivity index is 2.64. The van der Waals surface area contributed by atoms with E-state index in [1.807, 2.05) is 6.07 Å². The Morgan fingerprint density at radius 1 is 1.57 bits per heavy atom. The van der Waals surface area contributed by atoms with E-state index in [0.29, 0.717) is 4.83 Å². The lowest BCUT2D eigenvalue weighted by molar-refractivity contribution is 0.516. The van der Waals surface area contributed by atoms with E-state index in [-0.39, 0.29) is 0 Å². The number of halogens is 3. The predicted molar refractivity (Wildman–Crippen MR) is 72.8 cm³/mol. The van der Waals surface area contributed by atoms with Crippen LogP contribution in [0.3, 0.4) is 0 Å². The summed E-state index contributed by atoms with van der Waals surface area (Å²) >= 11 is 14.8. The minimum absolute atomic E-state index is 0.436. The lowest BCUT2D eigenvalue weighted by atomic mass is 10.0. The average molecular weight is 361 g/mol. The minimum atomic E-state index is 0.436. The SMILES string of the molecule is CCC(C)CC(Br)c1cc(Cl)c(Br)s1. The first-order chi connectivity index (χ1) is 6.54. The maximum Gasteiger partial charge on any atom is 0.0887 e. The van der Waals surface area contributed by atoms with Gasteiger partial charge in [0.2, 0.25) is 0 Å². The van der Waals surface area contributed by atoms with Crippen molar-refractivity contribution in [2.24, 2.45) is 5.92 Å². The van der Waals surface area contributed by atoms with Crippen LogP contribution in [0.5, 0.6) is 0 Å². The van der Waals surface area contributed by atoms with Gasteiger partial charge < -0.3 is 0 Å². The summed E-state index contributed by atoms with van der Waals surface area (Å²) in [6, 6.07) is 2.04. The highest BCUT2D eigenvalue weighted by Gasteiger charge is 2.15. The Labute approximate surface area is 111 Å². The second-order valence-electron chi connectivity index (χ2n) is 3.49. The molecule has 2 atom stereocenters. The van der Waals surface area contributed by atoms with Crippen molar-refractivity contribution in [1.82, 2.24) is 0 Å². The van der Waals surface area contributed by atoms with Gasteiger partial charge in [-0.25, -0.2) is 0 Å². The summed E-state index contributed by atoms with van der Waals surface area (Å²) in [6.07, 6.45) is 2.39. The second-order valence-corrected chi connectivity index (χ2v) is 7.40. The first-order valence-corrected chi connectivity index (χ1v) is 7.53. The highest BCUT2D eigenvalue weighted by atomic mass is 79.9. The highest BCUT2D eigenvalue weighted by molar-refractivity contribution is 9.11. The molecule has 0 aliphatic heterocycles. The van der Waals surface area contributed by atoms with Crippen LogP contribution in [0.4, 0.5) is 0 Å². The molecule has 14 heavy (non-hydrogen) atoms. The van der Waals surface area contributed by atoms with Crippen LogP contribution in [0.15, 0.2) is 9.85 Å². The van der Waals surface area contributed by atoms with E-state index < -0.39 is 0 Å². The maximum absolute atomic E-state index is 5.99. The Hall–Kier alpha value is 0.950. The smallest absolute Gasteiger partial charge is 0.0887 e. The third-order valence-electron chi connectivity index (χ3n) is 2.28. The molecule has 0 saturated heterocycles. The molecule has 2 unspecified atom stereocenters. The highest BCUT2D eigenvalue weighted by Crippen LogP contribution is 2.40. The van der Waals surface area contributed by atoms with Gasteiger partial charge in [-0.1, -0.05) is 47.8 Å². The first-order valence-electron chi connectivity index (χ1n) is 4.63. The third-order valence-corrected chi connectivity index (χ3v) is 6.04. The van der Waals surface area contributed by atoms with Crippen LogP contribution < -0.4 is 0 Å². The molecule has 1 heterocycles. The van der Waals surface area contributed by atoms with E-state index in [1.165, 1.54) is 17.7 Å². The topological polar surface area (TPSA) is 0 Å². The largest absolute Gasteiger partial charge is 0.130 e. The summed E-state index contributed by atoms with van der Waals surface area (Å²) in [4.78, 5) is 1.74. The molecule has 0 N–H and O–H groups in total. The summed E-state index contributed by atoms with van der Waals surface area (Å²) in [5.41, 5.74) is 0. The lowest BCUT2D eigenvalue weighted by Gasteiger charge is -2.12. The standard InChI is InChI=1S/C10H13Br2ClS/c1-3-6(2)4-7(11)9-5-8(13)10(12)14-9/h5-7H,3-4H2,1-2H3. The average Bonchev–Trinajstić information content (AvgIpc) is 2.47. The second kappa shape index (κ2) is 5.88. The first kappa shape index (κ1) is 13.0. The van der Waals surface area contributed by atoms with Gasteiger partial charge in [-0.05, 0) is 34.3 Å². The van der Waals surface area contributed by atoms with Crippen molar-refractivity contribution in [2.75, 3.05) is 0 Å². The molecule has 0 saturated carbocycles. The van der Waals surface area contributed by atoms with Crippen LogP contribution in [-0.2, 0) is 0 Å². The van der Waals surface area contributed by atoms with E-state index >= 15 is 0 Å². The number of hydrogen-bond acceptors (Lipinski definition) is 1. The number of alkyl halides is 1. The van der Waals surface area contributed by atoms with E-state index in [9.17, 15) is 0 Å². The Bertz CT molecular complexity index is 279. The van der Waals surface area contributed by atoms with Crippen LogP contribution in [0.1, 0.15) is 36.4 Å². The monoisotopic (exact) mass is 358 g/mol. The zero-order valence-corrected chi connectivity index (χ0v) is 12.9. The van der Waals surface area contributed by atoms with E-state index in [2.05, 4.69) is 45.7 Å². The van der Waals surface area contributed by atoms with Gasteiger partial charge in [-0.2, -0.15) is 0 Å². The molecule has 0 amide bonds. The predicted octanol–water partition coefficient (Wildman–Crippen LogP) is 6.04. The quantitative estimate of drug-likeness (QED) is 0.575. The van der Waals surface area contributed by atoms with Gasteiger partial charge in [0.05, 0.1) is 8.81 Å². The van der Waals surface area contributed by atoms with E-state index in [1.54, 1.807) is 11.3 Å².